The van der Waals surface area contributed by atoms with Crippen molar-refractivity contribution in [3.8, 4) is 11.5 Å². The molecular formula is C24H25F2N3O4S. The van der Waals surface area contributed by atoms with Crippen LogP contribution < -0.4 is 14.4 Å². The zero-order chi connectivity index (χ0) is 24.7. The molecule has 2 aromatic rings. The quantitative estimate of drug-likeness (QED) is 0.480. The zero-order valence-electron chi connectivity index (χ0n) is 19.0. The Morgan fingerprint density at radius 1 is 1.09 bits per heavy atom. The molecule has 10 heteroatoms. The maximum absolute atomic E-state index is 13.3. The smallest absolute Gasteiger partial charge is 0.387 e. The van der Waals surface area contributed by atoms with Crippen LogP contribution in [-0.2, 0) is 9.59 Å². The highest BCUT2D eigenvalue weighted by Crippen LogP contribution is 2.31. The number of hydrogen-bond acceptors (Lipinski definition) is 6. The second-order valence-electron chi connectivity index (χ2n) is 7.06. The lowest BCUT2D eigenvalue weighted by molar-refractivity contribution is -0.128. The first-order valence-corrected chi connectivity index (χ1v) is 11.6. The molecule has 1 aliphatic heterocycles. The number of alkyl halides is 2. The number of carbonyl (C=O) groups excluding carboxylic acids is 2. The van der Waals surface area contributed by atoms with Crippen molar-refractivity contribution < 1.29 is 27.8 Å². The van der Waals surface area contributed by atoms with Gasteiger partial charge in [-0.2, -0.15) is 8.78 Å². The Hall–Kier alpha value is -3.40. The number of aliphatic imine (C=N–C) groups is 1. The number of hydrogen-bond donors (Lipinski definition) is 0. The van der Waals surface area contributed by atoms with Gasteiger partial charge in [-0.1, -0.05) is 23.9 Å². The van der Waals surface area contributed by atoms with E-state index < -0.39 is 12.5 Å². The third-order valence-electron chi connectivity index (χ3n) is 5.01. The number of ether oxygens (including phenoxy) is 2. The van der Waals surface area contributed by atoms with E-state index in [-0.39, 0.29) is 23.1 Å². The third-order valence-corrected chi connectivity index (χ3v) is 5.93. The van der Waals surface area contributed by atoms with Gasteiger partial charge in [0.1, 0.15) is 17.2 Å². The summed E-state index contributed by atoms with van der Waals surface area (Å²) >= 11 is 1.14. The van der Waals surface area contributed by atoms with E-state index in [0.29, 0.717) is 29.7 Å². The molecular weight excluding hydrogens is 464 g/mol. The van der Waals surface area contributed by atoms with Crippen molar-refractivity contribution in [2.45, 2.75) is 20.5 Å². The molecule has 0 aromatic heterocycles. The van der Waals surface area contributed by atoms with Crippen LogP contribution >= 0.6 is 11.8 Å². The van der Waals surface area contributed by atoms with E-state index in [1.807, 2.05) is 13.8 Å². The van der Waals surface area contributed by atoms with Crippen molar-refractivity contribution in [3.63, 3.8) is 0 Å². The average Bonchev–Trinajstić information content (AvgIpc) is 3.14. The van der Waals surface area contributed by atoms with Gasteiger partial charge in [0, 0.05) is 13.1 Å². The lowest BCUT2D eigenvalue weighted by Crippen LogP contribution is -2.34. The second kappa shape index (κ2) is 11.6. The number of amides is 2. The molecule has 1 heterocycles. The Morgan fingerprint density at radius 2 is 1.71 bits per heavy atom. The molecule has 0 radical (unpaired) electrons. The fourth-order valence-electron chi connectivity index (χ4n) is 3.25. The van der Waals surface area contributed by atoms with Gasteiger partial charge < -0.3 is 14.4 Å². The van der Waals surface area contributed by atoms with Gasteiger partial charge in [-0.05, 0) is 61.9 Å². The van der Waals surface area contributed by atoms with Gasteiger partial charge in [0.25, 0.3) is 5.91 Å². The summed E-state index contributed by atoms with van der Waals surface area (Å²) in [6, 6.07) is 12.8. The first-order chi connectivity index (χ1) is 16.4. The average molecular weight is 490 g/mol. The molecule has 0 unspecified atom stereocenters. The van der Waals surface area contributed by atoms with E-state index >= 15 is 0 Å². The van der Waals surface area contributed by atoms with E-state index in [1.54, 1.807) is 42.4 Å². The maximum Gasteiger partial charge on any atom is 0.387 e. The molecule has 0 aliphatic carbocycles. The summed E-state index contributed by atoms with van der Waals surface area (Å²) in [5.74, 6) is 0.297. The summed E-state index contributed by atoms with van der Waals surface area (Å²) in [5, 5.41) is 0.327. The number of carbonyl (C=O) groups is 2. The van der Waals surface area contributed by atoms with E-state index in [0.717, 1.165) is 17.3 Å². The van der Waals surface area contributed by atoms with Crippen LogP contribution in [0, 0.1) is 0 Å². The third kappa shape index (κ3) is 6.13. The van der Waals surface area contributed by atoms with Gasteiger partial charge in [0.2, 0.25) is 5.91 Å². The molecule has 7 nitrogen and oxygen atoms in total. The molecule has 0 fully saturated rings. The lowest BCUT2D eigenvalue weighted by atomic mass is 10.2. The Kier molecular flexibility index (Phi) is 8.64. The van der Waals surface area contributed by atoms with Crippen LogP contribution in [0.15, 0.2) is 59.2 Å². The van der Waals surface area contributed by atoms with Crippen LogP contribution in [0.2, 0.25) is 0 Å². The normalized spacial score (nSPS) is 14.5. The highest BCUT2D eigenvalue weighted by atomic mass is 32.2. The molecule has 0 atom stereocenters. The summed E-state index contributed by atoms with van der Waals surface area (Å²) < 4.78 is 34.5. The van der Waals surface area contributed by atoms with Gasteiger partial charge >= 0.3 is 6.61 Å². The molecule has 1 aliphatic rings. The Balaban J connectivity index is 1.89. The highest BCUT2D eigenvalue weighted by molar-refractivity contribution is 8.14. The molecule has 2 amide bonds. The standard InChI is InChI=1S/C24H25F2N3O4S/c1-4-28(5-2)21(30)15-34-24-27-20(14-16-6-10-18(32-3)11-7-16)22(31)29(24)17-8-12-19(13-9-17)33-23(25)26/h6-14,23H,4-5,15H2,1-3H3/b20-14-. The number of thioether (sulfide) groups is 1. The Morgan fingerprint density at radius 3 is 2.26 bits per heavy atom. The number of benzene rings is 2. The fourth-order valence-corrected chi connectivity index (χ4v) is 4.16. The van der Waals surface area contributed by atoms with Gasteiger partial charge in [-0.25, -0.2) is 4.99 Å². The van der Waals surface area contributed by atoms with Crippen molar-refractivity contribution >= 4 is 40.5 Å². The summed E-state index contributed by atoms with van der Waals surface area (Å²) in [6.07, 6.45) is 1.64. The zero-order valence-corrected chi connectivity index (χ0v) is 19.9. The number of anilines is 1. The Bertz CT molecular complexity index is 1070. The molecule has 34 heavy (non-hydrogen) atoms. The largest absolute Gasteiger partial charge is 0.497 e. The van der Waals surface area contributed by atoms with Crippen molar-refractivity contribution in [2.75, 3.05) is 30.9 Å². The number of halogens is 2. The minimum atomic E-state index is -2.95. The van der Waals surface area contributed by atoms with E-state index in [2.05, 4.69) is 9.73 Å². The molecule has 0 saturated carbocycles. The molecule has 0 spiro atoms. The van der Waals surface area contributed by atoms with Gasteiger partial charge in [-0.3, -0.25) is 14.5 Å². The van der Waals surface area contributed by atoms with Gasteiger partial charge in [0.05, 0.1) is 18.6 Å². The minimum absolute atomic E-state index is 0.0257. The molecule has 0 N–H and O–H groups in total. The first kappa shape index (κ1) is 25.2. The fraction of sp³-hybridized carbons (Fsp3) is 0.292. The minimum Gasteiger partial charge on any atom is -0.497 e. The monoisotopic (exact) mass is 489 g/mol. The van der Waals surface area contributed by atoms with Gasteiger partial charge in [-0.15, -0.1) is 0 Å². The predicted octanol–water partition coefficient (Wildman–Crippen LogP) is 4.64. The van der Waals surface area contributed by atoms with Crippen molar-refractivity contribution in [1.82, 2.24) is 4.90 Å². The highest BCUT2D eigenvalue weighted by Gasteiger charge is 2.32. The van der Waals surface area contributed by atoms with Crippen LogP contribution in [0.1, 0.15) is 19.4 Å². The number of methoxy groups -OCH3 is 1. The van der Waals surface area contributed by atoms with Crippen molar-refractivity contribution in [2.24, 2.45) is 4.99 Å². The van der Waals surface area contributed by atoms with Crippen molar-refractivity contribution in [3.05, 3.63) is 59.8 Å². The van der Waals surface area contributed by atoms with Crippen molar-refractivity contribution in [1.29, 1.82) is 0 Å². The maximum atomic E-state index is 13.3. The Labute approximate surface area is 201 Å². The van der Waals surface area contributed by atoms with Gasteiger partial charge in [0.15, 0.2) is 5.17 Å². The second-order valence-corrected chi connectivity index (χ2v) is 8.01. The molecule has 0 bridgehead atoms. The first-order valence-electron chi connectivity index (χ1n) is 10.6. The predicted molar refractivity (Wildman–Crippen MR) is 129 cm³/mol. The lowest BCUT2D eigenvalue weighted by Gasteiger charge is -2.20. The van der Waals surface area contributed by atoms with E-state index in [4.69, 9.17) is 4.74 Å². The van der Waals surface area contributed by atoms with E-state index in [1.165, 1.54) is 29.2 Å². The van der Waals surface area contributed by atoms with Crippen LogP contribution in [0.25, 0.3) is 6.08 Å². The van der Waals surface area contributed by atoms with Crippen LogP contribution in [0.4, 0.5) is 14.5 Å². The summed E-state index contributed by atoms with van der Waals surface area (Å²) in [5.41, 5.74) is 1.36. The number of rotatable bonds is 9. The van der Waals surface area contributed by atoms with Crippen LogP contribution in [0.5, 0.6) is 11.5 Å². The van der Waals surface area contributed by atoms with Crippen LogP contribution in [0.3, 0.4) is 0 Å². The molecule has 0 saturated heterocycles. The van der Waals surface area contributed by atoms with Crippen LogP contribution in [-0.4, -0.2) is 54.4 Å². The summed E-state index contributed by atoms with van der Waals surface area (Å²) in [4.78, 5) is 33.3. The SMILES string of the molecule is CCN(CC)C(=O)CSC1=N/C(=C\c2ccc(OC)cc2)C(=O)N1c1ccc(OC(F)F)cc1. The molecule has 3 rings (SSSR count). The summed E-state index contributed by atoms with van der Waals surface area (Å²) in [6.45, 7) is 2.01. The van der Waals surface area contributed by atoms with E-state index in [9.17, 15) is 18.4 Å². The number of nitrogens with zero attached hydrogens (tertiary/aromatic N) is 3. The molecule has 180 valence electrons. The number of amidine groups is 1. The summed E-state index contributed by atoms with van der Waals surface area (Å²) in [7, 11) is 1.57. The molecule has 2 aromatic carbocycles. The topological polar surface area (TPSA) is 71.4 Å².